The van der Waals surface area contributed by atoms with Crippen molar-refractivity contribution in [3.05, 3.63) is 100 Å². The molecule has 0 spiro atoms. The predicted molar refractivity (Wildman–Crippen MR) is 103 cm³/mol. The minimum atomic E-state index is -0.601. The molecule has 0 unspecified atom stereocenters. The van der Waals surface area contributed by atoms with Gasteiger partial charge in [0.2, 0.25) is 6.23 Å². The Morgan fingerprint density at radius 1 is 0.926 bits per heavy atom. The number of halogens is 2. The van der Waals surface area contributed by atoms with Gasteiger partial charge in [0.25, 0.3) is 0 Å². The van der Waals surface area contributed by atoms with Gasteiger partial charge in [0.05, 0.1) is 17.3 Å². The van der Waals surface area contributed by atoms with Crippen molar-refractivity contribution in [1.29, 1.82) is 0 Å². The second kappa shape index (κ2) is 6.39. The van der Waals surface area contributed by atoms with Gasteiger partial charge in [-0.3, -0.25) is 0 Å². The molecule has 0 fully saturated rings. The number of benzene rings is 3. The molecule has 0 amide bonds. The number of fused-ring (bicyclic) bond motifs is 3. The summed E-state index contributed by atoms with van der Waals surface area (Å²) >= 11 is 6.02. The molecule has 27 heavy (non-hydrogen) atoms. The fourth-order valence-corrected chi connectivity index (χ4v) is 3.86. The zero-order chi connectivity index (χ0) is 18.4. The van der Waals surface area contributed by atoms with Crippen LogP contribution in [0.25, 0.3) is 0 Å². The summed E-state index contributed by atoms with van der Waals surface area (Å²) in [7, 11) is 0. The molecule has 0 aromatic heterocycles. The monoisotopic (exact) mass is 378 g/mol. The molecule has 2 aliphatic rings. The summed E-state index contributed by atoms with van der Waals surface area (Å²) in [6.07, 6.45) is 0.128. The molecular weight excluding hydrogens is 363 g/mol. The predicted octanol–water partition coefficient (Wildman–Crippen LogP) is 5.72. The maximum atomic E-state index is 14.5. The Labute approximate surface area is 161 Å². The van der Waals surface area contributed by atoms with E-state index in [1.807, 2.05) is 59.6 Å². The molecule has 3 nitrogen and oxygen atoms in total. The fraction of sp³-hybridized carbons (Fsp3) is 0.136. The van der Waals surface area contributed by atoms with Gasteiger partial charge >= 0.3 is 0 Å². The number of rotatable bonds is 2. The van der Waals surface area contributed by atoms with Gasteiger partial charge in [-0.25, -0.2) is 9.40 Å². The van der Waals surface area contributed by atoms with Crippen LogP contribution in [-0.4, -0.2) is 10.7 Å². The molecule has 0 radical (unpaired) electrons. The van der Waals surface area contributed by atoms with E-state index in [-0.39, 0.29) is 11.9 Å². The highest BCUT2D eigenvalue weighted by molar-refractivity contribution is 6.30. The molecule has 134 valence electrons. The van der Waals surface area contributed by atoms with Gasteiger partial charge in [0.15, 0.2) is 0 Å². The van der Waals surface area contributed by atoms with E-state index in [0.29, 0.717) is 10.6 Å². The molecule has 0 aliphatic carbocycles. The highest BCUT2D eigenvalue weighted by Crippen LogP contribution is 2.47. The van der Waals surface area contributed by atoms with Crippen LogP contribution in [0.3, 0.4) is 0 Å². The van der Waals surface area contributed by atoms with Crippen molar-refractivity contribution in [2.75, 3.05) is 0 Å². The van der Waals surface area contributed by atoms with Crippen LogP contribution in [0, 0.1) is 5.82 Å². The third kappa shape index (κ3) is 2.77. The molecule has 3 aromatic rings. The second-order valence-corrected chi connectivity index (χ2v) is 7.12. The Morgan fingerprint density at radius 2 is 1.63 bits per heavy atom. The minimum absolute atomic E-state index is 0.00485. The quantitative estimate of drug-likeness (QED) is 0.569. The van der Waals surface area contributed by atoms with Gasteiger partial charge in [-0.05, 0) is 29.8 Å². The lowest BCUT2D eigenvalue weighted by Gasteiger charge is -2.38. The number of hydrogen-bond acceptors (Lipinski definition) is 3. The lowest BCUT2D eigenvalue weighted by molar-refractivity contribution is -0.0212. The molecule has 0 saturated carbocycles. The summed E-state index contributed by atoms with van der Waals surface area (Å²) in [5, 5.41) is 7.39. The van der Waals surface area contributed by atoms with E-state index in [2.05, 4.69) is 0 Å². The highest BCUT2D eigenvalue weighted by Gasteiger charge is 2.41. The Morgan fingerprint density at radius 3 is 2.41 bits per heavy atom. The number of hydrogen-bond donors (Lipinski definition) is 0. The first-order chi connectivity index (χ1) is 13.2. The van der Waals surface area contributed by atoms with E-state index in [1.54, 1.807) is 12.1 Å². The topological polar surface area (TPSA) is 24.8 Å². The van der Waals surface area contributed by atoms with Crippen LogP contribution in [0.15, 0.2) is 77.9 Å². The van der Waals surface area contributed by atoms with Gasteiger partial charge in [-0.15, -0.1) is 0 Å². The summed E-state index contributed by atoms with van der Waals surface area (Å²) in [5.41, 5.74) is 3.51. The average molecular weight is 379 g/mol. The molecular formula is C22H16ClFN2O. The van der Waals surface area contributed by atoms with Crippen LogP contribution >= 0.6 is 11.6 Å². The van der Waals surface area contributed by atoms with Gasteiger partial charge in [-0.1, -0.05) is 60.1 Å². The van der Waals surface area contributed by atoms with Crippen LogP contribution in [-0.2, 0) is 0 Å². The smallest absolute Gasteiger partial charge is 0.216 e. The standard InChI is InChI=1S/C22H16ClFN2O/c23-15-11-9-14(10-12-15)19-13-20-17-6-2-4-8-21(17)27-22(26(20)25-19)16-5-1-3-7-18(16)24/h1-12,20,22H,13H2/t20-,22+/m1/s1. The molecule has 2 atom stereocenters. The third-order valence-corrected chi connectivity index (χ3v) is 5.30. The van der Waals surface area contributed by atoms with Gasteiger partial charge in [-0.2, -0.15) is 5.10 Å². The zero-order valence-electron chi connectivity index (χ0n) is 14.3. The number of ether oxygens (including phenoxy) is 1. The molecule has 0 saturated heterocycles. The molecule has 2 heterocycles. The van der Waals surface area contributed by atoms with Gasteiger partial charge in [0, 0.05) is 17.0 Å². The maximum Gasteiger partial charge on any atom is 0.216 e. The third-order valence-electron chi connectivity index (χ3n) is 5.05. The van der Waals surface area contributed by atoms with E-state index in [4.69, 9.17) is 21.4 Å². The van der Waals surface area contributed by atoms with Crippen LogP contribution in [0.5, 0.6) is 5.75 Å². The zero-order valence-corrected chi connectivity index (χ0v) is 15.1. The van der Waals surface area contributed by atoms with E-state index in [1.165, 1.54) is 6.07 Å². The maximum absolute atomic E-state index is 14.5. The largest absolute Gasteiger partial charge is 0.464 e. The Hall–Kier alpha value is -2.85. The number of para-hydroxylation sites is 1. The molecule has 3 aromatic carbocycles. The Bertz CT molecular complexity index is 1030. The lowest BCUT2D eigenvalue weighted by Crippen LogP contribution is -2.34. The molecule has 5 rings (SSSR count). The second-order valence-electron chi connectivity index (χ2n) is 6.68. The Balaban J connectivity index is 1.61. The molecule has 2 aliphatic heterocycles. The van der Waals surface area contributed by atoms with Crippen molar-refractivity contribution >= 4 is 17.3 Å². The molecule has 0 N–H and O–H groups in total. The normalized spacial score (nSPS) is 20.5. The van der Waals surface area contributed by atoms with Crippen molar-refractivity contribution in [3.63, 3.8) is 0 Å². The van der Waals surface area contributed by atoms with Gasteiger partial charge < -0.3 is 4.74 Å². The molecule has 0 bridgehead atoms. The van der Waals surface area contributed by atoms with Crippen LogP contribution < -0.4 is 4.74 Å². The van der Waals surface area contributed by atoms with E-state index < -0.39 is 6.23 Å². The Kier molecular flexibility index (Phi) is 3.87. The van der Waals surface area contributed by atoms with E-state index >= 15 is 0 Å². The van der Waals surface area contributed by atoms with Crippen LogP contribution in [0.4, 0.5) is 4.39 Å². The van der Waals surface area contributed by atoms with Gasteiger partial charge in [0.1, 0.15) is 11.6 Å². The first-order valence-electron chi connectivity index (χ1n) is 8.82. The van der Waals surface area contributed by atoms with Crippen LogP contribution in [0.1, 0.15) is 35.4 Å². The SMILES string of the molecule is Fc1ccccc1[C@@H]1Oc2ccccc2[C@H]2CC(c3ccc(Cl)cc3)=NN21. The average Bonchev–Trinajstić information content (AvgIpc) is 3.14. The van der Waals surface area contributed by atoms with Crippen LogP contribution in [0.2, 0.25) is 5.02 Å². The summed E-state index contributed by atoms with van der Waals surface area (Å²) in [4.78, 5) is 0. The van der Waals surface area contributed by atoms with Crippen molar-refractivity contribution in [2.45, 2.75) is 18.7 Å². The fourth-order valence-electron chi connectivity index (χ4n) is 3.73. The first-order valence-corrected chi connectivity index (χ1v) is 9.20. The lowest BCUT2D eigenvalue weighted by atomic mass is 9.96. The summed E-state index contributed by atoms with van der Waals surface area (Å²) in [5.74, 6) is 0.482. The van der Waals surface area contributed by atoms with E-state index in [9.17, 15) is 4.39 Å². The number of nitrogens with zero attached hydrogens (tertiary/aromatic N) is 2. The van der Waals surface area contributed by atoms with Crippen molar-refractivity contribution in [1.82, 2.24) is 5.01 Å². The molecule has 5 heteroatoms. The minimum Gasteiger partial charge on any atom is -0.464 e. The van der Waals surface area contributed by atoms with Crippen molar-refractivity contribution in [3.8, 4) is 5.75 Å². The van der Waals surface area contributed by atoms with E-state index in [0.717, 1.165) is 29.0 Å². The van der Waals surface area contributed by atoms with Crippen molar-refractivity contribution < 1.29 is 9.13 Å². The number of hydrazone groups is 1. The van der Waals surface area contributed by atoms with Crippen molar-refractivity contribution in [2.24, 2.45) is 5.10 Å². The summed E-state index contributed by atoms with van der Waals surface area (Å²) < 4.78 is 20.7. The summed E-state index contributed by atoms with van der Waals surface area (Å²) in [6, 6.07) is 22.2. The highest BCUT2D eigenvalue weighted by atomic mass is 35.5. The first kappa shape index (κ1) is 16.3. The summed E-state index contributed by atoms with van der Waals surface area (Å²) in [6.45, 7) is 0.